The number of hydrogen-bond donors (Lipinski definition) is 1. The van der Waals surface area contributed by atoms with Gasteiger partial charge in [-0.15, -0.1) is 12.4 Å². The molecule has 0 spiro atoms. The van der Waals surface area contributed by atoms with Crippen molar-refractivity contribution in [3.63, 3.8) is 0 Å². The zero-order chi connectivity index (χ0) is 10.8. The van der Waals surface area contributed by atoms with Gasteiger partial charge in [-0.05, 0) is 12.1 Å². The van der Waals surface area contributed by atoms with E-state index in [9.17, 15) is 4.79 Å². The number of methoxy groups -OCH3 is 1. The number of nitrogens with zero attached hydrogens (tertiary/aromatic N) is 1. The Balaban J connectivity index is 0.00000128. The first-order valence-corrected chi connectivity index (χ1v) is 4.38. The molecule has 0 amide bonds. The van der Waals surface area contributed by atoms with Crippen molar-refractivity contribution >= 4 is 29.3 Å². The Morgan fingerprint density at radius 3 is 2.81 bits per heavy atom. The normalized spacial score (nSPS) is 9.56. The lowest BCUT2D eigenvalue weighted by Crippen LogP contribution is -1.97. The van der Waals surface area contributed by atoms with Gasteiger partial charge in [0.05, 0.1) is 12.7 Å². The molecule has 1 heterocycles. The van der Waals surface area contributed by atoms with Crippen LogP contribution in [0.3, 0.4) is 0 Å². The Labute approximate surface area is 98.3 Å². The van der Waals surface area contributed by atoms with Gasteiger partial charge in [0.2, 0.25) is 0 Å². The zero-order valence-electron chi connectivity index (χ0n) is 8.51. The third-order valence-electron chi connectivity index (χ3n) is 2.14. The number of rotatable bonds is 2. The van der Waals surface area contributed by atoms with Crippen molar-refractivity contribution in [1.82, 2.24) is 4.98 Å². The van der Waals surface area contributed by atoms with Crippen molar-refractivity contribution in [1.29, 1.82) is 0 Å². The number of halogens is 1. The first kappa shape index (κ1) is 12.3. The minimum Gasteiger partial charge on any atom is -0.494 e. The van der Waals surface area contributed by atoms with E-state index in [2.05, 4.69) is 4.98 Å². The number of carboxylic acid groups (broad SMARTS) is 1. The molecule has 0 aliphatic rings. The van der Waals surface area contributed by atoms with E-state index in [1.807, 2.05) is 0 Å². The van der Waals surface area contributed by atoms with Crippen LogP contribution >= 0.6 is 12.4 Å². The van der Waals surface area contributed by atoms with Crippen LogP contribution in [0.25, 0.3) is 10.9 Å². The molecule has 0 aliphatic carbocycles. The number of benzene rings is 1. The molecular formula is C11H10ClNO3. The number of aromatic nitrogens is 1. The summed E-state index contributed by atoms with van der Waals surface area (Å²) in [7, 11) is 1.56. The summed E-state index contributed by atoms with van der Waals surface area (Å²) in [6, 6.07) is 6.97. The number of fused-ring (bicyclic) bond motifs is 1. The molecule has 2 rings (SSSR count). The molecule has 0 radical (unpaired) electrons. The summed E-state index contributed by atoms with van der Waals surface area (Å²) in [5.41, 5.74) is 0.848. The Kier molecular flexibility index (Phi) is 3.68. The van der Waals surface area contributed by atoms with Gasteiger partial charge in [0.25, 0.3) is 0 Å². The van der Waals surface area contributed by atoms with Crippen LogP contribution in [-0.4, -0.2) is 23.2 Å². The summed E-state index contributed by atoms with van der Waals surface area (Å²) in [4.78, 5) is 14.8. The number of pyridine rings is 1. The monoisotopic (exact) mass is 239 g/mol. The van der Waals surface area contributed by atoms with Crippen LogP contribution in [0.1, 0.15) is 10.4 Å². The van der Waals surface area contributed by atoms with E-state index < -0.39 is 5.97 Å². The van der Waals surface area contributed by atoms with Crippen LogP contribution in [0, 0.1) is 0 Å². The molecule has 0 saturated carbocycles. The first-order chi connectivity index (χ1) is 7.22. The Bertz CT molecular complexity index is 528. The summed E-state index contributed by atoms with van der Waals surface area (Å²) in [6.45, 7) is 0. The maximum Gasteiger partial charge on any atom is 0.337 e. The highest BCUT2D eigenvalue weighted by Crippen LogP contribution is 2.23. The Hall–Kier alpha value is -1.81. The molecule has 0 unspecified atom stereocenters. The van der Waals surface area contributed by atoms with Crippen molar-refractivity contribution < 1.29 is 14.6 Å². The van der Waals surface area contributed by atoms with Crippen molar-refractivity contribution in [3.8, 4) is 5.75 Å². The third-order valence-corrected chi connectivity index (χ3v) is 2.14. The molecule has 0 bridgehead atoms. The van der Waals surface area contributed by atoms with Gasteiger partial charge >= 0.3 is 5.97 Å². The minimum atomic E-state index is -0.979. The molecule has 1 aromatic carbocycles. The van der Waals surface area contributed by atoms with E-state index in [1.165, 1.54) is 6.20 Å². The molecular weight excluding hydrogens is 230 g/mol. The van der Waals surface area contributed by atoms with Gasteiger partial charge in [-0.1, -0.05) is 12.1 Å². The van der Waals surface area contributed by atoms with Gasteiger partial charge < -0.3 is 9.84 Å². The molecule has 0 saturated heterocycles. The molecule has 84 valence electrons. The van der Waals surface area contributed by atoms with E-state index in [4.69, 9.17) is 9.84 Å². The van der Waals surface area contributed by atoms with E-state index in [0.29, 0.717) is 11.3 Å². The van der Waals surface area contributed by atoms with Crippen LogP contribution in [0.2, 0.25) is 0 Å². The van der Waals surface area contributed by atoms with E-state index in [1.54, 1.807) is 31.4 Å². The second kappa shape index (κ2) is 4.81. The lowest BCUT2D eigenvalue weighted by Gasteiger charge is -2.04. The lowest BCUT2D eigenvalue weighted by atomic mass is 10.1. The second-order valence-corrected chi connectivity index (χ2v) is 3.06. The predicted octanol–water partition coefficient (Wildman–Crippen LogP) is 2.36. The number of carbonyl (C=O) groups is 1. The molecule has 0 fully saturated rings. The molecule has 5 heteroatoms. The highest BCUT2D eigenvalue weighted by molar-refractivity contribution is 5.93. The molecule has 4 nitrogen and oxygen atoms in total. The first-order valence-electron chi connectivity index (χ1n) is 4.38. The van der Waals surface area contributed by atoms with Crippen LogP contribution in [0.4, 0.5) is 0 Å². The quantitative estimate of drug-likeness (QED) is 0.874. The number of aromatic carboxylic acids is 1. The van der Waals surface area contributed by atoms with E-state index in [-0.39, 0.29) is 18.0 Å². The lowest BCUT2D eigenvalue weighted by molar-refractivity contribution is 0.0696. The number of ether oxygens (including phenoxy) is 1. The van der Waals surface area contributed by atoms with E-state index in [0.717, 1.165) is 5.39 Å². The van der Waals surface area contributed by atoms with Gasteiger partial charge in [-0.3, -0.25) is 4.98 Å². The fourth-order valence-electron chi connectivity index (χ4n) is 1.41. The van der Waals surface area contributed by atoms with Crippen molar-refractivity contribution in [3.05, 3.63) is 36.0 Å². The Morgan fingerprint density at radius 1 is 1.44 bits per heavy atom. The van der Waals surface area contributed by atoms with Gasteiger partial charge in [-0.2, -0.15) is 0 Å². The van der Waals surface area contributed by atoms with Gasteiger partial charge in [0.1, 0.15) is 11.3 Å². The zero-order valence-corrected chi connectivity index (χ0v) is 9.32. The standard InChI is InChI=1S/C11H9NO3.ClH/c1-15-9-4-2-3-7-5-8(11(13)14)6-12-10(7)9;/h2-6H,1H3,(H,13,14);1H. The minimum absolute atomic E-state index is 0. The SMILES string of the molecule is COc1cccc2cc(C(=O)O)cnc12.Cl. The summed E-state index contributed by atoms with van der Waals surface area (Å²) in [5.74, 6) is -0.336. The van der Waals surface area contributed by atoms with Crippen molar-refractivity contribution in [2.24, 2.45) is 0 Å². The number of para-hydroxylation sites is 1. The average Bonchev–Trinajstić information content (AvgIpc) is 2.27. The van der Waals surface area contributed by atoms with Gasteiger partial charge in [0, 0.05) is 11.6 Å². The summed E-state index contributed by atoms with van der Waals surface area (Å²) in [6.07, 6.45) is 1.33. The molecule has 1 N–H and O–H groups in total. The predicted molar refractivity (Wildman–Crippen MR) is 62.5 cm³/mol. The average molecular weight is 240 g/mol. The summed E-state index contributed by atoms with van der Waals surface area (Å²) >= 11 is 0. The van der Waals surface area contributed by atoms with Crippen molar-refractivity contribution in [2.75, 3.05) is 7.11 Å². The molecule has 1 aromatic heterocycles. The highest BCUT2D eigenvalue weighted by Gasteiger charge is 2.07. The topological polar surface area (TPSA) is 59.4 Å². The smallest absolute Gasteiger partial charge is 0.337 e. The molecule has 16 heavy (non-hydrogen) atoms. The highest BCUT2D eigenvalue weighted by atomic mass is 35.5. The summed E-state index contributed by atoms with van der Waals surface area (Å²) < 4.78 is 5.12. The maximum atomic E-state index is 10.7. The fraction of sp³-hybridized carbons (Fsp3) is 0.0909. The fourth-order valence-corrected chi connectivity index (χ4v) is 1.41. The number of hydrogen-bond acceptors (Lipinski definition) is 3. The maximum absolute atomic E-state index is 10.7. The Morgan fingerprint density at radius 2 is 2.19 bits per heavy atom. The van der Waals surface area contributed by atoms with E-state index >= 15 is 0 Å². The van der Waals surface area contributed by atoms with Gasteiger partial charge in [0.15, 0.2) is 0 Å². The second-order valence-electron chi connectivity index (χ2n) is 3.06. The van der Waals surface area contributed by atoms with Crippen molar-refractivity contribution in [2.45, 2.75) is 0 Å². The molecule has 0 atom stereocenters. The molecule has 0 aliphatic heterocycles. The van der Waals surface area contributed by atoms with Crippen LogP contribution in [0.5, 0.6) is 5.75 Å². The van der Waals surface area contributed by atoms with Gasteiger partial charge in [-0.25, -0.2) is 4.79 Å². The van der Waals surface area contributed by atoms with Crippen LogP contribution < -0.4 is 4.74 Å². The largest absolute Gasteiger partial charge is 0.494 e. The van der Waals surface area contributed by atoms with Crippen LogP contribution in [-0.2, 0) is 0 Å². The molecule has 2 aromatic rings. The summed E-state index contributed by atoms with van der Waals surface area (Å²) in [5, 5.41) is 9.56. The third kappa shape index (κ3) is 2.06. The van der Waals surface area contributed by atoms with Crippen LogP contribution in [0.15, 0.2) is 30.5 Å². The number of carboxylic acids is 1.